The van der Waals surface area contributed by atoms with Gasteiger partial charge in [-0.15, -0.1) is 0 Å². The van der Waals surface area contributed by atoms with E-state index < -0.39 is 11.6 Å². The summed E-state index contributed by atoms with van der Waals surface area (Å²) in [4.78, 5) is 10.7. The summed E-state index contributed by atoms with van der Waals surface area (Å²) < 4.78 is 32.5. The molecule has 0 bridgehead atoms. The first-order chi connectivity index (χ1) is 9.01. The molecule has 2 aromatic rings. The molecule has 2 rings (SSSR count). The van der Waals surface area contributed by atoms with Crippen LogP contribution in [0, 0.1) is 18.6 Å². The Morgan fingerprint density at radius 2 is 1.89 bits per heavy atom. The molecule has 0 atom stereocenters. The Morgan fingerprint density at radius 1 is 1.16 bits per heavy atom. The molecule has 0 aliphatic rings. The van der Waals surface area contributed by atoms with Crippen LogP contribution in [0.2, 0.25) is 0 Å². The van der Waals surface area contributed by atoms with E-state index in [0.29, 0.717) is 27.6 Å². The quantitative estimate of drug-likeness (QED) is 0.606. The third-order valence-electron chi connectivity index (χ3n) is 2.53. The minimum atomic E-state index is -1.07. The fourth-order valence-electron chi connectivity index (χ4n) is 1.53. The smallest absolute Gasteiger partial charge is 0.201 e. The maximum absolute atomic E-state index is 13.6. The molecule has 19 heavy (non-hydrogen) atoms. The summed E-state index contributed by atoms with van der Waals surface area (Å²) in [6, 6.07) is 7.10. The van der Waals surface area contributed by atoms with Crippen molar-refractivity contribution in [3.8, 4) is 11.5 Å². The standard InChI is InChI=1S/C14H9BrF2O2/c1-8-2-3-9(7-18)4-12(8)19-13-6-10(15)5-11(16)14(13)17/h2-7H,1H3. The second-order valence-electron chi connectivity index (χ2n) is 3.94. The molecule has 0 heterocycles. The second kappa shape index (κ2) is 5.48. The molecule has 0 N–H and O–H groups in total. The normalized spacial score (nSPS) is 10.3. The Hall–Kier alpha value is -1.75. The molecule has 0 aliphatic carbocycles. The Kier molecular flexibility index (Phi) is 3.95. The monoisotopic (exact) mass is 326 g/mol. The zero-order chi connectivity index (χ0) is 14.0. The molecule has 2 nitrogen and oxygen atoms in total. The van der Waals surface area contributed by atoms with Crippen LogP contribution in [0.15, 0.2) is 34.8 Å². The summed E-state index contributed by atoms with van der Waals surface area (Å²) in [5.41, 5.74) is 1.11. The minimum absolute atomic E-state index is 0.238. The summed E-state index contributed by atoms with van der Waals surface area (Å²) >= 11 is 3.06. The van der Waals surface area contributed by atoms with Gasteiger partial charge in [0.05, 0.1) is 0 Å². The molecule has 0 aromatic heterocycles. The number of benzene rings is 2. The van der Waals surface area contributed by atoms with Gasteiger partial charge >= 0.3 is 0 Å². The number of carbonyl (C=O) groups excluding carboxylic acids is 1. The van der Waals surface area contributed by atoms with Crippen molar-refractivity contribution in [3.05, 3.63) is 57.6 Å². The average Bonchev–Trinajstić information content (AvgIpc) is 2.38. The van der Waals surface area contributed by atoms with Crippen molar-refractivity contribution in [1.29, 1.82) is 0 Å². The van der Waals surface area contributed by atoms with Crippen LogP contribution in [0.25, 0.3) is 0 Å². The Balaban J connectivity index is 2.44. The molecule has 98 valence electrons. The van der Waals surface area contributed by atoms with Gasteiger partial charge in [-0.1, -0.05) is 28.1 Å². The number of rotatable bonds is 3. The predicted molar refractivity (Wildman–Crippen MR) is 70.7 cm³/mol. The molecule has 0 saturated heterocycles. The molecule has 0 saturated carbocycles. The van der Waals surface area contributed by atoms with Crippen LogP contribution in [-0.2, 0) is 0 Å². The van der Waals surface area contributed by atoms with Gasteiger partial charge in [0.25, 0.3) is 0 Å². The van der Waals surface area contributed by atoms with Crippen molar-refractivity contribution >= 4 is 22.2 Å². The highest BCUT2D eigenvalue weighted by atomic mass is 79.9. The molecular weight excluding hydrogens is 318 g/mol. The summed E-state index contributed by atoms with van der Waals surface area (Å²) in [5.74, 6) is -2.01. The van der Waals surface area contributed by atoms with Crippen LogP contribution in [0.1, 0.15) is 15.9 Å². The van der Waals surface area contributed by atoms with Gasteiger partial charge < -0.3 is 4.74 Å². The van der Waals surface area contributed by atoms with Crippen molar-refractivity contribution in [2.75, 3.05) is 0 Å². The van der Waals surface area contributed by atoms with E-state index in [0.717, 1.165) is 6.07 Å². The van der Waals surface area contributed by atoms with E-state index >= 15 is 0 Å². The van der Waals surface area contributed by atoms with E-state index in [-0.39, 0.29) is 5.75 Å². The number of aryl methyl sites for hydroxylation is 1. The molecule has 0 amide bonds. The second-order valence-corrected chi connectivity index (χ2v) is 4.86. The van der Waals surface area contributed by atoms with Crippen LogP contribution in [0.3, 0.4) is 0 Å². The fraction of sp³-hybridized carbons (Fsp3) is 0.0714. The zero-order valence-corrected chi connectivity index (χ0v) is 11.5. The first-order valence-corrected chi connectivity index (χ1v) is 6.19. The third kappa shape index (κ3) is 2.98. The zero-order valence-electron chi connectivity index (χ0n) is 9.91. The lowest BCUT2D eigenvalue weighted by Gasteiger charge is -2.10. The number of hydrogen-bond acceptors (Lipinski definition) is 2. The number of aldehydes is 1. The van der Waals surface area contributed by atoms with Gasteiger partial charge in [0.2, 0.25) is 5.82 Å². The predicted octanol–water partition coefficient (Wildman–Crippen LogP) is 4.64. The summed E-state index contributed by atoms with van der Waals surface area (Å²) in [6.07, 6.45) is 0.657. The summed E-state index contributed by atoms with van der Waals surface area (Å²) in [7, 11) is 0. The first kappa shape index (κ1) is 13.7. The third-order valence-corrected chi connectivity index (χ3v) is 2.99. The van der Waals surface area contributed by atoms with Crippen molar-refractivity contribution in [3.63, 3.8) is 0 Å². The van der Waals surface area contributed by atoms with Crippen LogP contribution < -0.4 is 4.74 Å². The van der Waals surface area contributed by atoms with Crippen molar-refractivity contribution in [2.45, 2.75) is 6.92 Å². The fourth-order valence-corrected chi connectivity index (χ4v) is 1.93. The highest BCUT2D eigenvalue weighted by Gasteiger charge is 2.13. The van der Waals surface area contributed by atoms with E-state index in [1.54, 1.807) is 19.1 Å². The maximum Gasteiger partial charge on any atom is 0.201 e. The number of halogens is 3. The largest absolute Gasteiger partial charge is 0.454 e. The Morgan fingerprint density at radius 3 is 2.58 bits per heavy atom. The average molecular weight is 327 g/mol. The summed E-state index contributed by atoms with van der Waals surface area (Å²) in [5, 5.41) is 0. The van der Waals surface area contributed by atoms with Crippen molar-refractivity contribution in [2.24, 2.45) is 0 Å². The molecule has 0 aliphatic heterocycles. The SMILES string of the molecule is Cc1ccc(C=O)cc1Oc1cc(Br)cc(F)c1F. The lowest BCUT2D eigenvalue weighted by atomic mass is 10.1. The number of ether oxygens (including phenoxy) is 1. The van der Waals surface area contributed by atoms with Gasteiger partial charge in [0.15, 0.2) is 11.6 Å². The van der Waals surface area contributed by atoms with Gasteiger partial charge in [-0.2, -0.15) is 4.39 Å². The van der Waals surface area contributed by atoms with Crippen molar-refractivity contribution in [1.82, 2.24) is 0 Å². The van der Waals surface area contributed by atoms with E-state index in [1.165, 1.54) is 12.1 Å². The van der Waals surface area contributed by atoms with Crippen LogP contribution in [0.5, 0.6) is 11.5 Å². The van der Waals surface area contributed by atoms with E-state index in [4.69, 9.17) is 4.74 Å². The van der Waals surface area contributed by atoms with Gasteiger partial charge in [0.1, 0.15) is 12.0 Å². The molecule has 0 unspecified atom stereocenters. The van der Waals surface area contributed by atoms with Crippen LogP contribution in [0.4, 0.5) is 8.78 Å². The molecule has 2 aromatic carbocycles. The minimum Gasteiger partial charge on any atom is -0.454 e. The number of carbonyl (C=O) groups is 1. The van der Waals surface area contributed by atoms with Crippen molar-refractivity contribution < 1.29 is 18.3 Å². The van der Waals surface area contributed by atoms with E-state index in [1.807, 2.05) is 0 Å². The Labute approximate surface area is 117 Å². The first-order valence-electron chi connectivity index (χ1n) is 5.39. The van der Waals surface area contributed by atoms with Gasteiger partial charge in [-0.25, -0.2) is 4.39 Å². The summed E-state index contributed by atoms with van der Waals surface area (Å²) in [6.45, 7) is 1.75. The highest BCUT2D eigenvalue weighted by molar-refractivity contribution is 9.10. The maximum atomic E-state index is 13.6. The van der Waals surface area contributed by atoms with Gasteiger partial charge in [-0.05, 0) is 30.7 Å². The van der Waals surface area contributed by atoms with E-state index in [9.17, 15) is 13.6 Å². The lowest BCUT2D eigenvalue weighted by molar-refractivity contribution is 0.112. The topological polar surface area (TPSA) is 26.3 Å². The number of hydrogen-bond donors (Lipinski definition) is 0. The highest BCUT2D eigenvalue weighted by Crippen LogP contribution is 2.31. The molecule has 0 spiro atoms. The van der Waals surface area contributed by atoms with E-state index in [2.05, 4.69) is 15.9 Å². The van der Waals surface area contributed by atoms with Crippen LogP contribution in [-0.4, -0.2) is 6.29 Å². The molecule has 0 radical (unpaired) electrons. The molecule has 0 fully saturated rings. The van der Waals surface area contributed by atoms with Gasteiger partial charge in [-0.3, -0.25) is 4.79 Å². The Bertz CT molecular complexity index is 642. The van der Waals surface area contributed by atoms with Crippen LogP contribution >= 0.6 is 15.9 Å². The lowest BCUT2D eigenvalue weighted by Crippen LogP contribution is -1.95. The molecule has 5 heteroatoms. The molecular formula is C14H9BrF2O2. The van der Waals surface area contributed by atoms with Gasteiger partial charge in [0, 0.05) is 10.0 Å².